The average molecular weight is 349 g/mol. The number of rotatable bonds is 6. The van der Waals surface area contributed by atoms with E-state index in [4.69, 9.17) is 9.56 Å². The van der Waals surface area contributed by atoms with E-state index in [0.717, 1.165) is 24.2 Å². The zero-order valence-corrected chi connectivity index (χ0v) is 13.8. The number of furan rings is 1. The molecule has 0 atom stereocenters. The first-order valence-corrected chi connectivity index (χ1v) is 9.17. The molecule has 7 nitrogen and oxygen atoms in total. The summed E-state index contributed by atoms with van der Waals surface area (Å²) in [6.45, 7) is 0.749. The van der Waals surface area contributed by atoms with Crippen LogP contribution in [0.4, 0.5) is 4.79 Å². The normalized spacial score (nSPS) is 14.4. The van der Waals surface area contributed by atoms with E-state index in [2.05, 4.69) is 5.32 Å². The van der Waals surface area contributed by atoms with Gasteiger partial charge in [-0.25, -0.2) is 18.4 Å². The molecule has 0 saturated heterocycles. The average Bonchev–Trinajstić information content (AvgIpc) is 3.26. The van der Waals surface area contributed by atoms with Crippen LogP contribution in [0, 0.1) is 0 Å². The minimum Gasteiger partial charge on any atom is -0.467 e. The minimum absolute atomic E-state index is 0.0509. The molecule has 2 aromatic rings. The van der Waals surface area contributed by atoms with E-state index in [1.807, 2.05) is 6.07 Å². The highest BCUT2D eigenvalue weighted by Gasteiger charge is 2.33. The molecule has 128 valence electrons. The van der Waals surface area contributed by atoms with Crippen LogP contribution in [0.1, 0.15) is 24.2 Å². The van der Waals surface area contributed by atoms with Crippen molar-refractivity contribution in [3.05, 3.63) is 54.0 Å². The predicted molar refractivity (Wildman–Crippen MR) is 87.3 cm³/mol. The van der Waals surface area contributed by atoms with Gasteiger partial charge in [-0.1, -0.05) is 12.1 Å². The van der Waals surface area contributed by atoms with Crippen LogP contribution in [0.25, 0.3) is 0 Å². The molecule has 1 aliphatic carbocycles. The Kier molecular flexibility index (Phi) is 4.59. The summed E-state index contributed by atoms with van der Waals surface area (Å²) in [7, 11) is -3.70. The molecule has 0 radical (unpaired) electrons. The predicted octanol–water partition coefficient (Wildman–Crippen LogP) is 1.80. The molecule has 1 aliphatic rings. The molecule has 8 heteroatoms. The van der Waals surface area contributed by atoms with E-state index in [9.17, 15) is 13.2 Å². The topological polar surface area (TPSA) is 106 Å². The van der Waals surface area contributed by atoms with Crippen LogP contribution in [-0.2, 0) is 23.1 Å². The zero-order valence-electron chi connectivity index (χ0n) is 13.0. The monoisotopic (exact) mass is 349 g/mol. The van der Waals surface area contributed by atoms with Crippen LogP contribution < -0.4 is 10.5 Å². The summed E-state index contributed by atoms with van der Waals surface area (Å²) in [4.78, 5) is 14.2. The summed E-state index contributed by atoms with van der Waals surface area (Å²) >= 11 is 0. The fraction of sp³-hybridized carbons (Fsp3) is 0.312. The number of sulfonamides is 1. The first-order chi connectivity index (χ1) is 11.4. The number of hydrogen-bond donors (Lipinski definition) is 2. The van der Waals surface area contributed by atoms with Crippen molar-refractivity contribution >= 4 is 16.1 Å². The summed E-state index contributed by atoms with van der Waals surface area (Å²) in [6, 6.07) is 9.85. The number of urea groups is 1. The number of nitrogens with zero attached hydrogens (tertiary/aromatic N) is 1. The second kappa shape index (κ2) is 6.66. The number of nitrogens with one attached hydrogen (secondary N) is 1. The van der Waals surface area contributed by atoms with Crippen LogP contribution in [0.5, 0.6) is 0 Å². The third-order valence-corrected chi connectivity index (χ3v) is 4.78. The second-order valence-corrected chi connectivity index (χ2v) is 7.35. The first-order valence-electron chi connectivity index (χ1n) is 7.62. The van der Waals surface area contributed by atoms with Gasteiger partial charge in [0.1, 0.15) is 5.76 Å². The Labute approximate surface area is 140 Å². The first kappa shape index (κ1) is 16.5. The highest BCUT2D eigenvalue weighted by molar-refractivity contribution is 7.89. The fourth-order valence-electron chi connectivity index (χ4n) is 2.40. The van der Waals surface area contributed by atoms with Gasteiger partial charge in [0.2, 0.25) is 10.0 Å². The molecule has 3 N–H and O–H groups in total. The van der Waals surface area contributed by atoms with Gasteiger partial charge in [-0.2, -0.15) is 0 Å². The molecule has 2 amide bonds. The molecule has 0 bridgehead atoms. The Morgan fingerprint density at radius 2 is 1.96 bits per heavy atom. The number of hydrogen-bond acceptors (Lipinski definition) is 4. The standard InChI is InChI=1S/C16H19N3O4S/c17-24(21,22)15-7-3-12(4-8-15)10-18-16(20)19(13-5-6-13)11-14-2-1-9-23-14/h1-4,7-9,13H,5-6,10-11H2,(H,18,20)(H2,17,21,22). The van der Waals surface area contributed by atoms with Gasteiger partial charge in [0.15, 0.2) is 0 Å². The van der Waals surface area contributed by atoms with Crippen molar-refractivity contribution in [3.63, 3.8) is 0 Å². The van der Waals surface area contributed by atoms with E-state index in [0.29, 0.717) is 13.1 Å². The van der Waals surface area contributed by atoms with Crippen LogP contribution >= 0.6 is 0 Å². The summed E-state index contributed by atoms with van der Waals surface area (Å²) in [5.74, 6) is 0.745. The molecular formula is C16H19N3O4S. The van der Waals surface area contributed by atoms with Crippen molar-refractivity contribution < 1.29 is 17.6 Å². The number of carbonyl (C=O) groups excluding carboxylic acids is 1. The molecule has 1 saturated carbocycles. The third-order valence-electron chi connectivity index (χ3n) is 3.85. The lowest BCUT2D eigenvalue weighted by atomic mass is 10.2. The van der Waals surface area contributed by atoms with Gasteiger partial charge in [0, 0.05) is 12.6 Å². The lowest BCUT2D eigenvalue weighted by Gasteiger charge is -2.21. The molecule has 0 aliphatic heterocycles. The smallest absolute Gasteiger partial charge is 0.318 e. The van der Waals surface area contributed by atoms with Gasteiger partial charge in [-0.05, 0) is 42.7 Å². The molecule has 1 aromatic heterocycles. The molecule has 0 unspecified atom stereocenters. The van der Waals surface area contributed by atoms with Crippen molar-refractivity contribution in [3.8, 4) is 0 Å². The SMILES string of the molecule is NS(=O)(=O)c1ccc(CNC(=O)N(Cc2ccco2)C2CC2)cc1. The fourth-order valence-corrected chi connectivity index (χ4v) is 2.92. The second-order valence-electron chi connectivity index (χ2n) is 5.79. The summed E-state index contributed by atoms with van der Waals surface area (Å²) < 4.78 is 27.8. The van der Waals surface area contributed by atoms with E-state index >= 15 is 0 Å². The van der Waals surface area contributed by atoms with Crippen LogP contribution in [0.3, 0.4) is 0 Å². The molecule has 1 fully saturated rings. The summed E-state index contributed by atoms with van der Waals surface area (Å²) in [5, 5.41) is 7.92. The Morgan fingerprint density at radius 3 is 2.50 bits per heavy atom. The van der Waals surface area contributed by atoms with Crippen LogP contribution in [0.15, 0.2) is 52.0 Å². The van der Waals surface area contributed by atoms with Crippen molar-refractivity contribution in [1.82, 2.24) is 10.2 Å². The zero-order chi connectivity index (χ0) is 17.2. The highest BCUT2D eigenvalue weighted by Crippen LogP contribution is 2.28. The van der Waals surface area contributed by atoms with Crippen molar-refractivity contribution in [2.75, 3.05) is 0 Å². The Balaban J connectivity index is 1.59. The quantitative estimate of drug-likeness (QED) is 0.829. The van der Waals surface area contributed by atoms with Crippen molar-refractivity contribution in [1.29, 1.82) is 0 Å². The molecule has 3 rings (SSSR count). The van der Waals surface area contributed by atoms with Gasteiger partial charge in [-0.15, -0.1) is 0 Å². The summed E-state index contributed by atoms with van der Waals surface area (Å²) in [6.07, 6.45) is 3.58. The van der Waals surface area contributed by atoms with E-state index < -0.39 is 10.0 Å². The summed E-state index contributed by atoms with van der Waals surface area (Å²) in [5.41, 5.74) is 0.796. The number of amides is 2. The Hall–Kier alpha value is -2.32. The molecule has 1 aromatic carbocycles. The van der Waals surface area contributed by atoms with E-state index in [1.165, 1.54) is 12.1 Å². The van der Waals surface area contributed by atoms with Gasteiger partial charge in [0.05, 0.1) is 17.7 Å². The van der Waals surface area contributed by atoms with Gasteiger partial charge in [-0.3, -0.25) is 0 Å². The lowest BCUT2D eigenvalue weighted by Crippen LogP contribution is -2.40. The maximum absolute atomic E-state index is 12.4. The van der Waals surface area contributed by atoms with Gasteiger partial charge < -0.3 is 14.6 Å². The maximum atomic E-state index is 12.4. The third kappa shape index (κ3) is 4.15. The lowest BCUT2D eigenvalue weighted by molar-refractivity contribution is 0.186. The Bertz CT molecular complexity index is 796. The van der Waals surface area contributed by atoms with Gasteiger partial charge in [0.25, 0.3) is 0 Å². The van der Waals surface area contributed by atoms with E-state index in [1.54, 1.807) is 29.4 Å². The number of benzene rings is 1. The molecule has 0 spiro atoms. The van der Waals surface area contributed by atoms with Crippen LogP contribution in [-0.4, -0.2) is 25.4 Å². The number of primary sulfonamides is 1. The molecule has 1 heterocycles. The largest absolute Gasteiger partial charge is 0.467 e. The minimum atomic E-state index is -3.70. The van der Waals surface area contributed by atoms with Crippen molar-refractivity contribution in [2.24, 2.45) is 5.14 Å². The maximum Gasteiger partial charge on any atom is 0.318 e. The molecular weight excluding hydrogens is 330 g/mol. The van der Waals surface area contributed by atoms with E-state index in [-0.39, 0.29) is 17.0 Å². The van der Waals surface area contributed by atoms with Gasteiger partial charge >= 0.3 is 6.03 Å². The Morgan fingerprint density at radius 1 is 1.25 bits per heavy atom. The number of carbonyl (C=O) groups is 1. The highest BCUT2D eigenvalue weighted by atomic mass is 32.2. The van der Waals surface area contributed by atoms with Crippen LogP contribution in [0.2, 0.25) is 0 Å². The van der Waals surface area contributed by atoms with Crippen molar-refractivity contribution in [2.45, 2.75) is 36.9 Å². The number of nitrogens with two attached hydrogens (primary N) is 1. The molecule has 24 heavy (non-hydrogen) atoms.